The summed E-state index contributed by atoms with van der Waals surface area (Å²) in [4.78, 5) is 22.9. The monoisotopic (exact) mass is 314 g/mol. The van der Waals surface area contributed by atoms with Gasteiger partial charge >= 0.3 is 5.69 Å². The lowest BCUT2D eigenvalue weighted by atomic mass is 9.97. The maximum absolute atomic E-state index is 11.4. The normalized spacial score (nSPS) is 14.3. The summed E-state index contributed by atoms with van der Waals surface area (Å²) >= 11 is 0. The molecule has 8 nitrogen and oxygen atoms in total. The van der Waals surface area contributed by atoms with Crippen LogP contribution < -0.4 is 5.32 Å². The first kappa shape index (κ1) is 15.1. The Bertz CT molecular complexity index is 711. The maximum Gasteiger partial charge on any atom is 0.354 e. The van der Waals surface area contributed by atoms with E-state index in [1.165, 1.54) is 35.6 Å². The summed E-state index contributed by atoms with van der Waals surface area (Å²) in [7, 11) is 0. The Balaban J connectivity index is 1.77. The lowest BCUT2D eigenvalue weighted by molar-refractivity contribution is -0.384. The Morgan fingerprint density at radius 3 is 2.96 bits per heavy atom. The molecule has 2 heterocycles. The number of imidazole rings is 1. The molecular formula is C15H18N6O2. The molecule has 120 valence electrons. The van der Waals surface area contributed by atoms with Crippen molar-refractivity contribution in [2.75, 3.05) is 11.9 Å². The standard InChI is InChI=1S/C15H18N6O2/c22-21(23)13-14(17-7-6-12-4-2-1-3-5-12)18-10-19-15(13)20-9-8-16-11-20/h4,8-11H,1-3,5-7H2,(H,17,18,19). The largest absolute Gasteiger partial charge is 0.364 e. The van der Waals surface area contributed by atoms with Gasteiger partial charge in [-0.1, -0.05) is 11.6 Å². The molecule has 2 aromatic heterocycles. The topological polar surface area (TPSA) is 98.8 Å². The van der Waals surface area contributed by atoms with Crippen molar-refractivity contribution >= 4 is 11.5 Å². The van der Waals surface area contributed by atoms with Gasteiger partial charge < -0.3 is 5.32 Å². The predicted molar refractivity (Wildman–Crippen MR) is 85.5 cm³/mol. The molecule has 0 fully saturated rings. The molecule has 0 aromatic carbocycles. The molecule has 3 rings (SSSR count). The van der Waals surface area contributed by atoms with Gasteiger partial charge in [0.2, 0.25) is 11.6 Å². The van der Waals surface area contributed by atoms with Crippen LogP contribution in [-0.4, -0.2) is 31.0 Å². The Labute approximate surface area is 133 Å². The second kappa shape index (κ2) is 6.99. The molecule has 0 unspecified atom stereocenters. The molecule has 0 saturated heterocycles. The van der Waals surface area contributed by atoms with Gasteiger partial charge in [0.15, 0.2) is 0 Å². The van der Waals surface area contributed by atoms with Crippen LogP contribution in [0.3, 0.4) is 0 Å². The third kappa shape index (κ3) is 3.53. The van der Waals surface area contributed by atoms with Crippen LogP contribution in [0.4, 0.5) is 11.5 Å². The second-order valence-electron chi connectivity index (χ2n) is 5.41. The van der Waals surface area contributed by atoms with E-state index in [0.717, 1.165) is 19.3 Å². The molecule has 8 heteroatoms. The fourth-order valence-corrected chi connectivity index (χ4v) is 2.71. The molecule has 0 atom stereocenters. The van der Waals surface area contributed by atoms with Crippen molar-refractivity contribution in [3.8, 4) is 5.82 Å². The van der Waals surface area contributed by atoms with Crippen molar-refractivity contribution < 1.29 is 4.92 Å². The number of hydrogen-bond donors (Lipinski definition) is 1. The molecule has 2 aromatic rings. The van der Waals surface area contributed by atoms with E-state index in [0.29, 0.717) is 6.54 Å². The highest BCUT2D eigenvalue weighted by molar-refractivity contribution is 5.64. The summed E-state index contributed by atoms with van der Waals surface area (Å²) in [6.07, 6.45) is 13.9. The first-order chi connectivity index (χ1) is 11.3. The van der Waals surface area contributed by atoms with Crippen LogP contribution in [0.1, 0.15) is 32.1 Å². The molecule has 0 radical (unpaired) electrons. The number of allylic oxidation sites excluding steroid dienone is 1. The number of nitrogens with zero attached hydrogens (tertiary/aromatic N) is 5. The van der Waals surface area contributed by atoms with Crippen LogP contribution in [-0.2, 0) is 0 Å². The highest BCUT2D eigenvalue weighted by Gasteiger charge is 2.23. The molecule has 0 aliphatic heterocycles. The van der Waals surface area contributed by atoms with Crippen molar-refractivity contribution in [1.29, 1.82) is 0 Å². The summed E-state index contributed by atoms with van der Waals surface area (Å²) in [5.74, 6) is 0.451. The van der Waals surface area contributed by atoms with Gasteiger partial charge in [0, 0.05) is 18.9 Å². The molecule has 23 heavy (non-hydrogen) atoms. The van der Waals surface area contributed by atoms with Crippen LogP contribution in [0.5, 0.6) is 0 Å². The quantitative estimate of drug-likeness (QED) is 0.500. The van der Waals surface area contributed by atoms with Gasteiger partial charge in [0.1, 0.15) is 12.7 Å². The number of aromatic nitrogens is 4. The number of nitrogens with one attached hydrogen (secondary N) is 1. The second-order valence-corrected chi connectivity index (χ2v) is 5.41. The summed E-state index contributed by atoms with van der Waals surface area (Å²) in [6, 6.07) is 0. The molecule has 0 saturated carbocycles. The number of anilines is 1. The van der Waals surface area contributed by atoms with Crippen LogP contribution in [0.25, 0.3) is 5.82 Å². The Hall–Kier alpha value is -2.77. The van der Waals surface area contributed by atoms with E-state index in [4.69, 9.17) is 0 Å². The van der Waals surface area contributed by atoms with Crippen LogP contribution in [0, 0.1) is 10.1 Å². The van der Waals surface area contributed by atoms with E-state index < -0.39 is 4.92 Å². The van der Waals surface area contributed by atoms with E-state index in [2.05, 4.69) is 26.3 Å². The minimum Gasteiger partial charge on any atom is -0.364 e. The van der Waals surface area contributed by atoms with E-state index in [1.54, 1.807) is 12.4 Å². The molecular weight excluding hydrogens is 296 g/mol. The van der Waals surface area contributed by atoms with Crippen molar-refractivity contribution in [2.24, 2.45) is 0 Å². The highest BCUT2D eigenvalue weighted by Crippen LogP contribution is 2.28. The Morgan fingerprint density at radius 1 is 1.35 bits per heavy atom. The molecule has 1 N–H and O–H groups in total. The van der Waals surface area contributed by atoms with Crippen molar-refractivity contribution in [2.45, 2.75) is 32.1 Å². The minimum absolute atomic E-state index is 0.136. The smallest absolute Gasteiger partial charge is 0.354 e. The molecule has 0 amide bonds. The van der Waals surface area contributed by atoms with Gasteiger partial charge in [-0.25, -0.2) is 15.0 Å². The molecule has 1 aliphatic rings. The van der Waals surface area contributed by atoms with Gasteiger partial charge in [-0.3, -0.25) is 14.7 Å². The van der Waals surface area contributed by atoms with Crippen LogP contribution in [0.2, 0.25) is 0 Å². The molecule has 0 bridgehead atoms. The van der Waals surface area contributed by atoms with Crippen molar-refractivity contribution in [3.63, 3.8) is 0 Å². The third-order valence-corrected chi connectivity index (χ3v) is 3.86. The predicted octanol–water partition coefficient (Wildman–Crippen LogP) is 2.87. The average Bonchev–Trinajstić information content (AvgIpc) is 3.10. The fourth-order valence-electron chi connectivity index (χ4n) is 2.71. The number of hydrogen-bond acceptors (Lipinski definition) is 6. The van der Waals surface area contributed by atoms with Crippen LogP contribution >= 0.6 is 0 Å². The first-order valence-corrected chi connectivity index (χ1v) is 7.65. The van der Waals surface area contributed by atoms with Crippen LogP contribution in [0.15, 0.2) is 36.7 Å². The third-order valence-electron chi connectivity index (χ3n) is 3.86. The zero-order chi connectivity index (χ0) is 16.1. The minimum atomic E-state index is -0.461. The van der Waals surface area contributed by atoms with Crippen molar-refractivity contribution in [3.05, 3.63) is 46.8 Å². The summed E-state index contributed by atoms with van der Waals surface area (Å²) in [5, 5.41) is 14.5. The zero-order valence-electron chi connectivity index (χ0n) is 12.7. The lowest BCUT2D eigenvalue weighted by Crippen LogP contribution is -2.11. The van der Waals surface area contributed by atoms with E-state index >= 15 is 0 Å². The number of rotatable bonds is 6. The maximum atomic E-state index is 11.4. The molecule has 1 aliphatic carbocycles. The van der Waals surface area contributed by atoms with E-state index in [-0.39, 0.29) is 17.3 Å². The summed E-state index contributed by atoms with van der Waals surface area (Å²) in [5.41, 5.74) is 1.28. The first-order valence-electron chi connectivity index (χ1n) is 7.65. The SMILES string of the molecule is O=[N+]([O-])c1c(NCCC2=CCCCC2)ncnc1-n1ccnc1. The van der Waals surface area contributed by atoms with E-state index in [1.807, 2.05) is 0 Å². The Kier molecular flexibility index (Phi) is 4.60. The van der Waals surface area contributed by atoms with Gasteiger partial charge in [-0.2, -0.15) is 0 Å². The number of nitro groups is 1. The summed E-state index contributed by atoms with van der Waals surface area (Å²) < 4.78 is 1.51. The van der Waals surface area contributed by atoms with E-state index in [9.17, 15) is 10.1 Å². The zero-order valence-corrected chi connectivity index (χ0v) is 12.7. The summed E-state index contributed by atoms with van der Waals surface area (Å²) in [6.45, 7) is 0.618. The Morgan fingerprint density at radius 2 is 2.26 bits per heavy atom. The molecule has 0 spiro atoms. The lowest BCUT2D eigenvalue weighted by Gasteiger charge is -2.13. The van der Waals surface area contributed by atoms with Crippen molar-refractivity contribution in [1.82, 2.24) is 19.5 Å². The van der Waals surface area contributed by atoms with Gasteiger partial charge in [-0.15, -0.1) is 0 Å². The van der Waals surface area contributed by atoms with Gasteiger partial charge in [0.25, 0.3) is 0 Å². The van der Waals surface area contributed by atoms with Gasteiger partial charge in [-0.05, 0) is 32.1 Å². The fraction of sp³-hybridized carbons (Fsp3) is 0.400. The highest BCUT2D eigenvalue weighted by atomic mass is 16.6. The average molecular weight is 314 g/mol. The van der Waals surface area contributed by atoms with Gasteiger partial charge in [0.05, 0.1) is 4.92 Å².